The maximum Gasteiger partial charge on any atom is 0.137 e. The van der Waals surface area contributed by atoms with Gasteiger partial charge in [0.05, 0.1) is 11.1 Å². The van der Waals surface area contributed by atoms with Gasteiger partial charge in [-0.15, -0.1) is 0 Å². The summed E-state index contributed by atoms with van der Waals surface area (Å²) in [6.07, 6.45) is 0. The maximum absolute atomic E-state index is 6.32. The summed E-state index contributed by atoms with van der Waals surface area (Å²) in [5, 5.41) is 6.86. The molecule has 3 nitrogen and oxygen atoms in total. The first-order chi connectivity index (χ1) is 24.3. The molecule has 3 heteroatoms. The Morgan fingerprint density at radius 3 is 1.65 bits per heavy atom. The second kappa shape index (κ2) is 11.0. The molecule has 2 aromatic heterocycles. The van der Waals surface area contributed by atoms with E-state index < -0.39 is 0 Å². The molecule has 0 saturated heterocycles. The molecular weight excluding hydrogens is 599 g/mol. The van der Waals surface area contributed by atoms with Crippen LogP contribution < -0.4 is 4.90 Å². The lowest BCUT2D eigenvalue weighted by molar-refractivity contribution is 0.669. The van der Waals surface area contributed by atoms with Crippen LogP contribution in [-0.2, 0) is 0 Å². The van der Waals surface area contributed by atoms with Gasteiger partial charge in [-0.2, -0.15) is 0 Å². The van der Waals surface area contributed by atoms with Crippen LogP contribution in [0.25, 0.3) is 76.9 Å². The fraction of sp³-hybridized carbons (Fsp3) is 0. The first-order valence-electron chi connectivity index (χ1n) is 16.6. The average Bonchev–Trinajstić information content (AvgIpc) is 3.73. The Balaban J connectivity index is 1.10. The van der Waals surface area contributed by atoms with Gasteiger partial charge in [0, 0.05) is 27.5 Å². The maximum atomic E-state index is 6.32. The minimum atomic E-state index is 0.870. The topological polar surface area (TPSA) is 29.5 Å². The smallest absolute Gasteiger partial charge is 0.137 e. The van der Waals surface area contributed by atoms with Crippen LogP contribution in [0.5, 0.6) is 0 Å². The van der Waals surface area contributed by atoms with E-state index in [4.69, 9.17) is 8.83 Å². The highest BCUT2D eigenvalue weighted by Crippen LogP contribution is 2.44. The van der Waals surface area contributed by atoms with Crippen LogP contribution in [0.15, 0.2) is 185 Å². The van der Waals surface area contributed by atoms with Crippen LogP contribution in [0.2, 0.25) is 0 Å². The van der Waals surface area contributed by atoms with Crippen molar-refractivity contribution in [3.8, 4) is 22.3 Å². The Bertz CT molecular complexity index is 2810. The van der Waals surface area contributed by atoms with Gasteiger partial charge in [0.25, 0.3) is 0 Å². The third kappa shape index (κ3) is 4.59. The molecule has 0 atom stereocenters. The standard InChI is InChI=1S/C46H29NO2/c1-2-9-30(10-3-1)31-17-22-36(23-18-31)47(41-14-8-16-44-46(41)38-13-6-7-15-42(38)48-44)37-24-19-32(20-25-37)35-21-26-43-39(28-35)40-27-33-11-4-5-12-34(33)29-45(40)49-43/h1-29H. The molecule has 8 aromatic carbocycles. The number of benzene rings is 8. The normalized spacial score (nSPS) is 11.7. The van der Waals surface area contributed by atoms with E-state index in [2.05, 4.69) is 169 Å². The Hall–Kier alpha value is -6.58. The second-order valence-corrected chi connectivity index (χ2v) is 12.6. The van der Waals surface area contributed by atoms with Gasteiger partial charge in [0.15, 0.2) is 0 Å². The molecule has 2 heterocycles. The van der Waals surface area contributed by atoms with Crippen LogP contribution in [-0.4, -0.2) is 0 Å². The number of hydrogen-bond donors (Lipinski definition) is 0. The predicted octanol–water partition coefficient (Wildman–Crippen LogP) is 13.4. The Morgan fingerprint density at radius 2 is 0.878 bits per heavy atom. The van der Waals surface area contributed by atoms with Crippen LogP contribution in [0.4, 0.5) is 17.1 Å². The van der Waals surface area contributed by atoms with Crippen molar-refractivity contribution in [3.05, 3.63) is 176 Å². The number of anilines is 3. The van der Waals surface area contributed by atoms with Crippen molar-refractivity contribution in [2.75, 3.05) is 4.90 Å². The summed E-state index contributed by atoms with van der Waals surface area (Å²) < 4.78 is 12.6. The largest absolute Gasteiger partial charge is 0.456 e. The van der Waals surface area contributed by atoms with Gasteiger partial charge in [0.2, 0.25) is 0 Å². The highest BCUT2D eigenvalue weighted by Gasteiger charge is 2.20. The van der Waals surface area contributed by atoms with E-state index in [1.165, 1.54) is 21.9 Å². The molecule has 0 aliphatic rings. The number of nitrogens with zero attached hydrogens (tertiary/aromatic N) is 1. The fourth-order valence-electron chi connectivity index (χ4n) is 7.25. The zero-order valence-electron chi connectivity index (χ0n) is 26.5. The monoisotopic (exact) mass is 627 g/mol. The van der Waals surface area contributed by atoms with Gasteiger partial charge in [0.1, 0.15) is 22.3 Å². The van der Waals surface area contributed by atoms with E-state index >= 15 is 0 Å². The first-order valence-corrected chi connectivity index (χ1v) is 16.6. The van der Waals surface area contributed by atoms with Crippen molar-refractivity contribution < 1.29 is 8.83 Å². The van der Waals surface area contributed by atoms with E-state index in [0.29, 0.717) is 0 Å². The van der Waals surface area contributed by atoms with Gasteiger partial charge in [-0.3, -0.25) is 0 Å². The number of hydrogen-bond acceptors (Lipinski definition) is 3. The van der Waals surface area contributed by atoms with Crippen molar-refractivity contribution >= 4 is 71.7 Å². The molecule has 0 radical (unpaired) electrons. The lowest BCUT2D eigenvalue weighted by Crippen LogP contribution is -2.10. The van der Waals surface area contributed by atoms with Crippen LogP contribution in [0.1, 0.15) is 0 Å². The fourth-order valence-corrected chi connectivity index (χ4v) is 7.25. The summed E-state index contributed by atoms with van der Waals surface area (Å²) in [7, 11) is 0. The molecule has 0 fully saturated rings. The third-order valence-electron chi connectivity index (χ3n) is 9.65. The van der Waals surface area contributed by atoms with Crippen molar-refractivity contribution in [1.29, 1.82) is 0 Å². The molecule has 0 bridgehead atoms. The van der Waals surface area contributed by atoms with Crippen LogP contribution in [0.3, 0.4) is 0 Å². The van der Waals surface area contributed by atoms with Crippen molar-refractivity contribution in [1.82, 2.24) is 0 Å². The van der Waals surface area contributed by atoms with E-state index in [1.807, 2.05) is 12.1 Å². The number of fused-ring (bicyclic) bond motifs is 7. The lowest BCUT2D eigenvalue weighted by atomic mass is 10.0. The number of furan rings is 2. The van der Waals surface area contributed by atoms with E-state index in [1.54, 1.807) is 0 Å². The lowest BCUT2D eigenvalue weighted by Gasteiger charge is -2.26. The quantitative estimate of drug-likeness (QED) is 0.190. The molecule has 230 valence electrons. The predicted molar refractivity (Wildman–Crippen MR) is 204 cm³/mol. The summed E-state index contributed by atoms with van der Waals surface area (Å²) >= 11 is 0. The van der Waals surface area contributed by atoms with E-state index in [-0.39, 0.29) is 0 Å². The van der Waals surface area contributed by atoms with Gasteiger partial charge >= 0.3 is 0 Å². The summed E-state index contributed by atoms with van der Waals surface area (Å²) in [6.45, 7) is 0. The molecule has 10 aromatic rings. The van der Waals surface area contributed by atoms with Crippen LogP contribution >= 0.6 is 0 Å². The van der Waals surface area contributed by atoms with Gasteiger partial charge < -0.3 is 13.7 Å². The SMILES string of the molecule is c1ccc(-c2ccc(N(c3ccc(-c4ccc5oc6cc7ccccc7cc6c5c4)cc3)c3cccc4oc5ccccc5c34)cc2)cc1. The third-order valence-corrected chi connectivity index (χ3v) is 9.65. The summed E-state index contributed by atoms with van der Waals surface area (Å²) in [4.78, 5) is 2.33. The molecule has 49 heavy (non-hydrogen) atoms. The van der Waals surface area contributed by atoms with Gasteiger partial charge in [-0.05, 0) is 99.8 Å². The average molecular weight is 628 g/mol. The molecule has 0 saturated carbocycles. The second-order valence-electron chi connectivity index (χ2n) is 12.6. The van der Waals surface area contributed by atoms with Crippen molar-refractivity contribution in [3.63, 3.8) is 0 Å². The summed E-state index contributed by atoms with van der Waals surface area (Å²) in [5.41, 5.74) is 11.4. The van der Waals surface area contributed by atoms with E-state index in [0.717, 1.165) is 72.1 Å². The number of rotatable bonds is 5. The van der Waals surface area contributed by atoms with Crippen molar-refractivity contribution in [2.45, 2.75) is 0 Å². The zero-order valence-corrected chi connectivity index (χ0v) is 26.5. The zero-order chi connectivity index (χ0) is 32.3. The minimum Gasteiger partial charge on any atom is -0.456 e. The molecule has 0 amide bonds. The van der Waals surface area contributed by atoms with Gasteiger partial charge in [-0.1, -0.05) is 109 Å². The van der Waals surface area contributed by atoms with Crippen molar-refractivity contribution in [2.24, 2.45) is 0 Å². The Labute approximate surface area is 282 Å². The molecule has 0 aliphatic carbocycles. The van der Waals surface area contributed by atoms with Gasteiger partial charge in [-0.25, -0.2) is 0 Å². The molecule has 0 spiro atoms. The summed E-state index contributed by atoms with van der Waals surface area (Å²) in [5.74, 6) is 0. The highest BCUT2D eigenvalue weighted by molar-refractivity contribution is 6.14. The first kappa shape index (κ1) is 27.5. The van der Waals surface area contributed by atoms with Crippen LogP contribution in [0, 0.1) is 0 Å². The Kier molecular flexibility index (Phi) is 6.18. The molecule has 0 unspecified atom stereocenters. The molecule has 10 rings (SSSR count). The Morgan fingerprint density at radius 1 is 0.327 bits per heavy atom. The molecular formula is C46H29NO2. The summed E-state index contributed by atoms with van der Waals surface area (Å²) in [6, 6.07) is 62.1. The number of para-hydroxylation sites is 1. The highest BCUT2D eigenvalue weighted by atomic mass is 16.3. The minimum absolute atomic E-state index is 0.870. The molecule has 0 aliphatic heterocycles. The van der Waals surface area contributed by atoms with E-state index in [9.17, 15) is 0 Å². The molecule has 0 N–H and O–H groups in total.